The van der Waals surface area contributed by atoms with Crippen molar-refractivity contribution >= 4 is 11.9 Å². The molecule has 1 aliphatic rings. The monoisotopic (exact) mass is 185 g/mol. The van der Waals surface area contributed by atoms with Crippen LogP contribution in [0.4, 0.5) is 0 Å². The molecule has 4 nitrogen and oxygen atoms in total. The number of hydrogen-bond donors (Lipinski definition) is 0. The van der Waals surface area contributed by atoms with Crippen molar-refractivity contribution in [2.45, 2.75) is 32.2 Å². The number of carbonyl (C=O) groups excluding carboxylic acids is 2. The molecule has 1 amide bonds. The molecule has 1 rings (SSSR count). The Labute approximate surface area is 77.8 Å². The first-order valence-electron chi connectivity index (χ1n) is 4.58. The van der Waals surface area contributed by atoms with Crippen LogP contribution >= 0.6 is 0 Å². The highest BCUT2D eigenvalue weighted by molar-refractivity contribution is 5.85. The van der Waals surface area contributed by atoms with Crippen LogP contribution in [-0.4, -0.2) is 36.5 Å². The van der Waals surface area contributed by atoms with Crippen LogP contribution in [0, 0.1) is 0 Å². The predicted octanol–water partition coefficient (Wildman–Crippen LogP) is 0.560. The fraction of sp³-hybridized carbons (Fsp3) is 0.778. The lowest BCUT2D eigenvalue weighted by atomic mass is 10.2. The summed E-state index contributed by atoms with van der Waals surface area (Å²) in [6.45, 7) is 2.57. The molecule has 0 unspecified atom stereocenters. The number of amides is 1. The van der Waals surface area contributed by atoms with Crippen LogP contribution < -0.4 is 0 Å². The number of esters is 1. The zero-order chi connectivity index (χ0) is 9.84. The molecule has 13 heavy (non-hydrogen) atoms. The topological polar surface area (TPSA) is 46.6 Å². The van der Waals surface area contributed by atoms with Gasteiger partial charge < -0.3 is 9.64 Å². The second kappa shape index (κ2) is 4.25. The second-order valence-corrected chi connectivity index (χ2v) is 3.14. The van der Waals surface area contributed by atoms with E-state index in [-0.39, 0.29) is 17.9 Å². The molecule has 0 saturated carbocycles. The lowest BCUT2D eigenvalue weighted by Crippen LogP contribution is -2.42. The van der Waals surface area contributed by atoms with Gasteiger partial charge in [-0.25, -0.2) is 4.79 Å². The fourth-order valence-electron chi connectivity index (χ4n) is 1.65. The summed E-state index contributed by atoms with van der Waals surface area (Å²) in [5.41, 5.74) is 0. The Bertz CT molecular complexity index is 215. The first-order chi connectivity index (χ1) is 6.20. The maximum Gasteiger partial charge on any atom is 0.328 e. The first-order valence-corrected chi connectivity index (χ1v) is 4.58. The quantitative estimate of drug-likeness (QED) is 0.603. The summed E-state index contributed by atoms with van der Waals surface area (Å²) in [5, 5.41) is 0. The molecule has 0 N–H and O–H groups in total. The van der Waals surface area contributed by atoms with Crippen molar-refractivity contribution in [1.82, 2.24) is 4.90 Å². The predicted molar refractivity (Wildman–Crippen MR) is 47.0 cm³/mol. The Morgan fingerprint density at radius 1 is 1.69 bits per heavy atom. The third kappa shape index (κ3) is 1.99. The normalized spacial score (nSPS) is 18.9. The number of nitrogens with zero attached hydrogens (tertiary/aromatic N) is 1. The second-order valence-electron chi connectivity index (χ2n) is 3.14. The van der Waals surface area contributed by atoms with Crippen molar-refractivity contribution in [3.05, 3.63) is 0 Å². The molecule has 0 aromatic carbocycles. The van der Waals surface area contributed by atoms with Gasteiger partial charge in [0.1, 0.15) is 6.04 Å². The minimum Gasteiger partial charge on any atom is -0.467 e. The molecule has 1 heterocycles. The number of ether oxygens (including phenoxy) is 1. The highest BCUT2D eigenvalue weighted by atomic mass is 16.5. The SMILES string of the molecule is CC[C@@H](C(=O)OC)N1CCCC1=O. The third-order valence-corrected chi connectivity index (χ3v) is 2.35. The number of likely N-dealkylation sites (tertiary alicyclic amines) is 1. The Balaban J connectivity index is 2.65. The molecule has 1 atom stereocenters. The third-order valence-electron chi connectivity index (χ3n) is 2.35. The van der Waals surface area contributed by atoms with E-state index in [0.29, 0.717) is 19.4 Å². The minimum absolute atomic E-state index is 0.0669. The van der Waals surface area contributed by atoms with Crippen LogP contribution in [0.5, 0.6) is 0 Å². The van der Waals surface area contributed by atoms with E-state index in [1.165, 1.54) is 7.11 Å². The van der Waals surface area contributed by atoms with Gasteiger partial charge in [0.05, 0.1) is 7.11 Å². The van der Waals surface area contributed by atoms with Gasteiger partial charge in [0.15, 0.2) is 0 Å². The van der Waals surface area contributed by atoms with E-state index in [9.17, 15) is 9.59 Å². The summed E-state index contributed by atoms with van der Waals surface area (Å²) in [5.74, 6) is -0.241. The van der Waals surface area contributed by atoms with Gasteiger partial charge in [-0.1, -0.05) is 6.92 Å². The molecule has 0 bridgehead atoms. The molecular weight excluding hydrogens is 170 g/mol. The Morgan fingerprint density at radius 2 is 2.38 bits per heavy atom. The van der Waals surface area contributed by atoms with Gasteiger partial charge in [0.2, 0.25) is 5.91 Å². The molecule has 0 spiro atoms. The summed E-state index contributed by atoms with van der Waals surface area (Å²) in [4.78, 5) is 24.2. The average molecular weight is 185 g/mol. The molecular formula is C9H15NO3. The van der Waals surface area contributed by atoms with E-state index in [4.69, 9.17) is 0 Å². The molecule has 1 fully saturated rings. The number of hydrogen-bond acceptors (Lipinski definition) is 3. The van der Waals surface area contributed by atoms with Gasteiger partial charge >= 0.3 is 5.97 Å². The van der Waals surface area contributed by atoms with Crippen molar-refractivity contribution in [3.63, 3.8) is 0 Å². The number of rotatable bonds is 3. The van der Waals surface area contributed by atoms with E-state index in [1.807, 2.05) is 6.92 Å². The standard InChI is InChI=1S/C9H15NO3/c1-3-7(9(12)13-2)10-6-4-5-8(10)11/h7H,3-6H2,1-2H3/t7-/m0/s1. The lowest BCUT2D eigenvalue weighted by Gasteiger charge is -2.23. The van der Waals surface area contributed by atoms with E-state index >= 15 is 0 Å². The van der Waals surface area contributed by atoms with Gasteiger partial charge in [0, 0.05) is 13.0 Å². The largest absolute Gasteiger partial charge is 0.467 e. The Hall–Kier alpha value is -1.06. The zero-order valence-electron chi connectivity index (χ0n) is 8.08. The van der Waals surface area contributed by atoms with Crippen LogP contribution in [-0.2, 0) is 14.3 Å². The summed E-state index contributed by atoms with van der Waals surface area (Å²) in [6.07, 6.45) is 2.04. The number of carbonyl (C=O) groups is 2. The van der Waals surface area contributed by atoms with E-state index in [0.717, 1.165) is 6.42 Å². The van der Waals surface area contributed by atoms with Gasteiger partial charge in [0.25, 0.3) is 0 Å². The summed E-state index contributed by atoms with van der Waals surface area (Å²) in [6, 6.07) is -0.375. The van der Waals surface area contributed by atoms with E-state index in [1.54, 1.807) is 4.90 Å². The van der Waals surface area contributed by atoms with Crippen LogP contribution in [0.2, 0.25) is 0 Å². The Kier molecular flexibility index (Phi) is 3.28. The van der Waals surface area contributed by atoms with Crippen LogP contribution in [0.1, 0.15) is 26.2 Å². The van der Waals surface area contributed by atoms with Crippen LogP contribution in [0.25, 0.3) is 0 Å². The molecule has 1 saturated heterocycles. The Morgan fingerprint density at radius 3 is 2.77 bits per heavy atom. The summed E-state index contributed by atoms with van der Waals surface area (Å²) >= 11 is 0. The van der Waals surface area contributed by atoms with E-state index in [2.05, 4.69) is 4.74 Å². The van der Waals surface area contributed by atoms with Crippen molar-refractivity contribution in [2.24, 2.45) is 0 Å². The highest BCUT2D eigenvalue weighted by Crippen LogP contribution is 2.16. The van der Waals surface area contributed by atoms with Gasteiger partial charge in [-0.15, -0.1) is 0 Å². The number of methoxy groups -OCH3 is 1. The molecule has 0 aliphatic carbocycles. The highest BCUT2D eigenvalue weighted by Gasteiger charge is 2.31. The molecule has 0 radical (unpaired) electrons. The first kappa shape index (κ1) is 10.0. The van der Waals surface area contributed by atoms with Crippen molar-refractivity contribution < 1.29 is 14.3 Å². The summed E-state index contributed by atoms with van der Waals surface area (Å²) in [7, 11) is 1.35. The molecule has 4 heteroatoms. The average Bonchev–Trinajstić information content (AvgIpc) is 2.53. The van der Waals surface area contributed by atoms with Gasteiger partial charge in [-0.2, -0.15) is 0 Å². The van der Waals surface area contributed by atoms with Gasteiger partial charge in [-0.3, -0.25) is 4.79 Å². The molecule has 1 aliphatic heterocycles. The molecule has 0 aromatic heterocycles. The summed E-state index contributed by atoms with van der Waals surface area (Å²) < 4.78 is 4.63. The maximum absolute atomic E-state index is 11.3. The lowest BCUT2D eigenvalue weighted by molar-refractivity contribution is -0.151. The smallest absolute Gasteiger partial charge is 0.328 e. The maximum atomic E-state index is 11.3. The minimum atomic E-state index is -0.375. The van der Waals surface area contributed by atoms with Gasteiger partial charge in [-0.05, 0) is 12.8 Å². The van der Waals surface area contributed by atoms with Crippen molar-refractivity contribution in [2.75, 3.05) is 13.7 Å². The van der Waals surface area contributed by atoms with Crippen LogP contribution in [0.15, 0.2) is 0 Å². The fourth-order valence-corrected chi connectivity index (χ4v) is 1.65. The van der Waals surface area contributed by atoms with Crippen molar-refractivity contribution in [1.29, 1.82) is 0 Å². The zero-order valence-corrected chi connectivity index (χ0v) is 8.08. The van der Waals surface area contributed by atoms with Crippen molar-refractivity contribution in [3.8, 4) is 0 Å². The van der Waals surface area contributed by atoms with Crippen LogP contribution in [0.3, 0.4) is 0 Å². The van der Waals surface area contributed by atoms with E-state index < -0.39 is 0 Å². The molecule has 0 aromatic rings. The molecule has 74 valence electrons.